The largest absolute Gasteiger partial charge is 0.486 e. The summed E-state index contributed by atoms with van der Waals surface area (Å²) < 4.78 is 5.31. The Kier molecular flexibility index (Phi) is 4.29. The second-order valence-corrected chi connectivity index (χ2v) is 4.37. The van der Waals surface area contributed by atoms with Crippen LogP contribution in [0.15, 0.2) is 24.3 Å². The molecule has 0 atom stereocenters. The minimum atomic E-state index is -0.785. The van der Waals surface area contributed by atoms with E-state index < -0.39 is 5.54 Å². The number of nitrogens with two attached hydrogens (primary N) is 1. The average Bonchev–Trinajstić information content (AvgIpc) is 2.28. The maximum absolute atomic E-state index is 11.6. The first-order valence-electron chi connectivity index (χ1n) is 4.85. The van der Waals surface area contributed by atoms with E-state index in [9.17, 15) is 4.79 Å². The number of hydrogen-bond acceptors (Lipinski definition) is 4. The molecule has 0 radical (unpaired) electrons. The third-order valence-corrected chi connectivity index (χ3v) is 2.49. The van der Waals surface area contributed by atoms with Crippen LogP contribution in [-0.2, 0) is 4.79 Å². The van der Waals surface area contributed by atoms with Crippen LogP contribution in [0.4, 0.5) is 0 Å². The van der Waals surface area contributed by atoms with Crippen LogP contribution in [0.3, 0.4) is 0 Å². The molecule has 16 heavy (non-hydrogen) atoms. The molecule has 0 aliphatic carbocycles. The molecule has 5 heteroatoms. The van der Waals surface area contributed by atoms with Gasteiger partial charge in [0.2, 0.25) is 0 Å². The lowest BCUT2D eigenvalue weighted by Crippen LogP contribution is -2.52. The van der Waals surface area contributed by atoms with E-state index in [1.54, 1.807) is 38.1 Å². The van der Waals surface area contributed by atoms with E-state index in [1.165, 1.54) is 0 Å². The summed E-state index contributed by atoms with van der Waals surface area (Å²) in [5.41, 5.74) is 1.65. The van der Waals surface area contributed by atoms with Gasteiger partial charge >= 0.3 is 0 Å². The Hall–Kier alpha value is -1.10. The van der Waals surface area contributed by atoms with Crippen LogP contribution in [0.25, 0.3) is 0 Å². The van der Waals surface area contributed by atoms with Gasteiger partial charge in [-0.2, -0.15) is 0 Å². The number of Topliss-reactive ketones (excluding diaryl/α,β-unsaturated/α-hetero) is 1. The number of halogens is 1. The minimum absolute atomic E-state index is 0.0289. The summed E-state index contributed by atoms with van der Waals surface area (Å²) in [6, 6.07) is 6.82. The first kappa shape index (κ1) is 13.0. The normalized spacial score (nSPS) is 11.2. The van der Waals surface area contributed by atoms with Gasteiger partial charge in [0, 0.05) is 5.02 Å². The number of hydrogen-bond donors (Lipinski definition) is 2. The summed E-state index contributed by atoms with van der Waals surface area (Å²) in [6.45, 7) is 3.36. The van der Waals surface area contributed by atoms with Crippen LogP contribution in [0.5, 0.6) is 5.75 Å². The van der Waals surface area contributed by atoms with E-state index in [1.807, 2.05) is 0 Å². The van der Waals surface area contributed by atoms with Crippen molar-refractivity contribution in [1.82, 2.24) is 5.43 Å². The van der Waals surface area contributed by atoms with Gasteiger partial charge in [0.25, 0.3) is 0 Å². The highest BCUT2D eigenvalue weighted by molar-refractivity contribution is 6.30. The molecule has 0 aliphatic heterocycles. The molecule has 1 rings (SSSR count). The standard InChI is InChI=1S/C11H15ClN2O2/c1-11(2,14-13)10(15)7-16-9-5-3-8(12)4-6-9/h3-6,14H,7,13H2,1-2H3. The molecule has 0 bridgehead atoms. The maximum Gasteiger partial charge on any atom is 0.190 e. The van der Waals surface area contributed by atoms with E-state index in [0.29, 0.717) is 10.8 Å². The second-order valence-electron chi connectivity index (χ2n) is 3.94. The first-order valence-corrected chi connectivity index (χ1v) is 5.23. The summed E-state index contributed by atoms with van der Waals surface area (Å²) in [7, 11) is 0. The Morgan fingerprint density at radius 2 is 2.00 bits per heavy atom. The predicted octanol–water partition coefficient (Wildman–Crippen LogP) is 1.53. The van der Waals surface area contributed by atoms with Gasteiger partial charge in [-0.15, -0.1) is 0 Å². The van der Waals surface area contributed by atoms with Gasteiger partial charge in [-0.1, -0.05) is 11.6 Å². The first-order chi connectivity index (χ1) is 7.45. The molecule has 0 unspecified atom stereocenters. The van der Waals surface area contributed by atoms with Gasteiger partial charge in [0.1, 0.15) is 12.4 Å². The molecule has 0 saturated carbocycles. The van der Waals surface area contributed by atoms with Gasteiger partial charge in [-0.05, 0) is 38.1 Å². The Bertz CT molecular complexity index is 363. The topological polar surface area (TPSA) is 64.3 Å². The number of carbonyl (C=O) groups is 1. The highest BCUT2D eigenvalue weighted by atomic mass is 35.5. The molecule has 1 aromatic carbocycles. The van der Waals surface area contributed by atoms with Crippen molar-refractivity contribution in [1.29, 1.82) is 0 Å². The Labute approximate surface area is 99.7 Å². The Morgan fingerprint density at radius 3 is 2.50 bits per heavy atom. The fourth-order valence-electron chi connectivity index (χ4n) is 0.941. The van der Waals surface area contributed by atoms with Gasteiger partial charge in [-0.3, -0.25) is 10.6 Å². The fourth-order valence-corrected chi connectivity index (χ4v) is 1.07. The number of nitrogens with one attached hydrogen (secondary N) is 1. The number of rotatable bonds is 5. The monoisotopic (exact) mass is 242 g/mol. The average molecular weight is 243 g/mol. The smallest absolute Gasteiger partial charge is 0.190 e. The maximum atomic E-state index is 11.6. The van der Waals surface area contributed by atoms with Crippen molar-refractivity contribution >= 4 is 17.4 Å². The lowest BCUT2D eigenvalue weighted by molar-refractivity contribution is -0.126. The van der Waals surface area contributed by atoms with Gasteiger partial charge in [-0.25, -0.2) is 5.43 Å². The predicted molar refractivity (Wildman–Crippen MR) is 63.4 cm³/mol. The number of hydrazine groups is 1. The van der Waals surface area contributed by atoms with Crippen molar-refractivity contribution in [2.24, 2.45) is 5.84 Å². The molecular formula is C11H15ClN2O2. The molecular weight excluding hydrogens is 228 g/mol. The minimum Gasteiger partial charge on any atom is -0.486 e. The van der Waals surface area contributed by atoms with Crippen molar-refractivity contribution in [3.8, 4) is 5.75 Å². The zero-order valence-corrected chi connectivity index (χ0v) is 10.0. The molecule has 0 amide bonds. The van der Waals surface area contributed by atoms with Crippen molar-refractivity contribution in [2.75, 3.05) is 6.61 Å². The SMILES string of the molecule is CC(C)(NN)C(=O)COc1ccc(Cl)cc1. The molecule has 0 aliphatic rings. The molecule has 88 valence electrons. The quantitative estimate of drug-likeness (QED) is 0.607. The third-order valence-electron chi connectivity index (χ3n) is 2.24. The van der Waals surface area contributed by atoms with E-state index in [4.69, 9.17) is 22.2 Å². The number of ketones is 1. The molecule has 3 N–H and O–H groups in total. The van der Waals surface area contributed by atoms with E-state index in [0.717, 1.165) is 0 Å². The number of ether oxygens (including phenoxy) is 1. The van der Waals surface area contributed by atoms with Crippen LogP contribution in [0.1, 0.15) is 13.8 Å². The Morgan fingerprint density at radius 1 is 1.44 bits per heavy atom. The third kappa shape index (κ3) is 3.48. The van der Waals surface area contributed by atoms with Crippen LogP contribution in [-0.4, -0.2) is 17.9 Å². The number of benzene rings is 1. The highest BCUT2D eigenvalue weighted by Gasteiger charge is 2.25. The van der Waals surface area contributed by atoms with Crippen LogP contribution in [0.2, 0.25) is 5.02 Å². The summed E-state index contributed by atoms with van der Waals surface area (Å²) >= 11 is 5.72. The fraction of sp³-hybridized carbons (Fsp3) is 0.364. The van der Waals surface area contributed by atoms with Gasteiger partial charge in [0.05, 0.1) is 5.54 Å². The van der Waals surface area contributed by atoms with Crippen LogP contribution in [0, 0.1) is 0 Å². The van der Waals surface area contributed by atoms with Crippen LogP contribution < -0.4 is 16.0 Å². The number of carbonyl (C=O) groups excluding carboxylic acids is 1. The van der Waals surface area contributed by atoms with Crippen molar-refractivity contribution in [3.63, 3.8) is 0 Å². The summed E-state index contributed by atoms with van der Waals surface area (Å²) in [6.07, 6.45) is 0. The van der Waals surface area contributed by atoms with Crippen molar-refractivity contribution in [2.45, 2.75) is 19.4 Å². The molecule has 0 saturated heterocycles. The molecule has 0 heterocycles. The zero-order valence-electron chi connectivity index (χ0n) is 9.29. The summed E-state index contributed by atoms with van der Waals surface area (Å²) in [4.78, 5) is 11.6. The lowest BCUT2D eigenvalue weighted by atomic mass is 10.0. The summed E-state index contributed by atoms with van der Waals surface area (Å²) in [5, 5.41) is 0.627. The molecule has 0 aromatic heterocycles. The molecule has 1 aromatic rings. The van der Waals surface area contributed by atoms with E-state index >= 15 is 0 Å². The molecule has 4 nitrogen and oxygen atoms in total. The van der Waals surface area contributed by atoms with Crippen molar-refractivity contribution in [3.05, 3.63) is 29.3 Å². The van der Waals surface area contributed by atoms with Crippen molar-refractivity contribution < 1.29 is 9.53 Å². The zero-order chi connectivity index (χ0) is 12.2. The van der Waals surface area contributed by atoms with E-state index in [2.05, 4.69) is 5.43 Å². The Balaban J connectivity index is 2.52. The second kappa shape index (κ2) is 5.30. The van der Waals surface area contributed by atoms with Gasteiger partial charge in [0.15, 0.2) is 5.78 Å². The van der Waals surface area contributed by atoms with Gasteiger partial charge < -0.3 is 4.74 Å². The van der Waals surface area contributed by atoms with Crippen LogP contribution >= 0.6 is 11.6 Å². The highest BCUT2D eigenvalue weighted by Crippen LogP contribution is 2.15. The molecule has 0 fully saturated rings. The van der Waals surface area contributed by atoms with E-state index in [-0.39, 0.29) is 12.4 Å². The molecule has 0 spiro atoms. The summed E-state index contributed by atoms with van der Waals surface area (Å²) in [5.74, 6) is 5.73. The lowest BCUT2D eigenvalue weighted by Gasteiger charge is -2.21.